The van der Waals surface area contributed by atoms with Gasteiger partial charge in [-0.05, 0) is 18.9 Å². The molecule has 0 aliphatic heterocycles. The van der Waals surface area contributed by atoms with Crippen LogP contribution < -0.4 is 5.73 Å². The molecular formula is C10H21NO3S. The molecule has 0 radical (unpaired) electrons. The fourth-order valence-electron chi connectivity index (χ4n) is 1.21. The Kier molecular flexibility index (Phi) is 6.76. The molecule has 0 aromatic rings. The van der Waals surface area contributed by atoms with E-state index >= 15 is 0 Å². The van der Waals surface area contributed by atoms with Gasteiger partial charge in [0.15, 0.2) is 0 Å². The van der Waals surface area contributed by atoms with E-state index in [9.17, 15) is 13.2 Å². The van der Waals surface area contributed by atoms with Crippen LogP contribution >= 0.6 is 0 Å². The lowest BCUT2D eigenvalue weighted by Crippen LogP contribution is -2.16. The molecule has 5 heteroatoms. The monoisotopic (exact) mass is 235 g/mol. The number of hydrogen-bond acceptors (Lipinski definition) is 4. The van der Waals surface area contributed by atoms with Gasteiger partial charge in [0.1, 0.15) is 15.6 Å². The highest BCUT2D eigenvalue weighted by Gasteiger charge is 2.11. The SMILES string of the molecule is CCS(=O)(=O)CCCC(=O)CC(C)CN. The second kappa shape index (κ2) is 6.95. The maximum Gasteiger partial charge on any atom is 0.150 e. The Morgan fingerprint density at radius 1 is 1.40 bits per heavy atom. The van der Waals surface area contributed by atoms with Crippen molar-refractivity contribution in [3.05, 3.63) is 0 Å². The highest BCUT2D eigenvalue weighted by atomic mass is 32.2. The van der Waals surface area contributed by atoms with Crippen LogP contribution in [0, 0.1) is 5.92 Å². The topological polar surface area (TPSA) is 77.2 Å². The summed E-state index contributed by atoms with van der Waals surface area (Å²) in [4.78, 5) is 11.3. The first-order valence-corrected chi connectivity index (χ1v) is 7.15. The zero-order valence-electron chi connectivity index (χ0n) is 9.53. The molecule has 1 atom stereocenters. The maximum absolute atomic E-state index is 11.3. The van der Waals surface area contributed by atoms with Crippen molar-refractivity contribution in [2.45, 2.75) is 33.1 Å². The van der Waals surface area contributed by atoms with Gasteiger partial charge >= 0.3 is 0 Å². The van der Waals surface area contributed by atoms with Gasteiger partial charge in [-0.3, -0.25) is 4.79 Å². The van der Waals surface area contributed by atoms with E-state index in [0.717, 1.165) is 0 Å². The van der Waals surface area contributed by atoms with Crippen molar-refractivity contribution < 1.29 is 13.2 Å². The van der Waals surface area contributed by atoms with Gasteiger partial charge in [-0.15, -0.1) is 0 Å². The number of nitrogens with two attached hydrogens (primary N) is 1. The van der Waals surface area contributed by atoms with Gasteiger partial charge in [0.25, 0.3) is 0 Å². The minimum atomic E-state index is -2.93. The molecule has 0 aromatic carbocycles. The average molecular weight is 235 g/mol. The Hall–Kier alpha value is -0.420. The average Bonchev–Trinajstić information content (AvgIpc) is 2.17. The molecule has 0 spiro atoms. The van der Waals surface area contributed by atoms with Crippen molar-refractivity contribution in [2.24, 2.45) is 11.7 Å². The molecule has 0 aliphatic rings. The van der Waals surface area contributed by atoms with Crippen LogP contribution in [0.4, 0.5) is 0 Å². The summed E-state index contributed by atoms with van der Waals surface area (Å²) in [5.74, 6) is 0.576. The number of hydrogen-bond donors (Lipinski definition) is 1. The van der Waals surface area contributed by atoms with Gasteiger partial charge in [-0.25, -0.2) is 8.42 Å². The molecule has 1 unspecified atom stereocenters. The third kappa shape index (κ3) is 7.50. The van der Waals surface area contributed by atoms with Gasteiger partial charge in [-0.1, -0.05) is 13.8 Å². The Balaban J connectivity index is 3.74. The van der Waals surface area contributed by atoms with Crippen LogP contribution in [-0.4, -0.2) is 32.3 Å². The van der Waals surface area contributed by atoms with E-state index < -0.39 is 9.84 Å². The second-order valence-electron chi connectivity index (χ2n) is 3.92. The van der Waals surface area contributed by atoms with E-state index in [1.807, 2.05) is 6.92 Å². The van der Waals surface area contributed by atoms with E-state index in [4.69, 9.17) is 5.73 Å². The molecule has 0 saturated carbocycles. The second-order valence-corrected chi connectivity index (χ2v) is 6.40. The Bertz CT molecular complexity index is 285. The van der Waals surface area contributed by atoms with Gasteiger partial charge in [0.05, 0.1) is 5.75 Å². The van der Waals surface area contributed by atoms with Crippen molar-refractivity contribution in [1.29, 1.82) is 0 Å². The summed E-state index contributed by atoms with van der Waals surface area (Å²) in [6.07, 6.45) is 1.25. The highest BCUT2D eigenvalue weighted by molar-refractivity contribution is 7.91. The molecular weight excluding hydrogens is 214 g/mol. The molecule has 0 bridgehead atoms. The van der Waals surface area contributed by atoms with Crippen LogP contribution in [0.25, 0.3) is 0 Å². The quantitative estimate of drug-likeness (QED) is 0.673. The fourth-order valence-corrected chi connectivity index (χ4v) is 2.08. The molecule has 0 amide bonds. The van der Waals surface area contributed by atoms with Crippen LogP contribution in [0.15, 0.2) is 0 Å². The van der Waals surface area contributed by atoms with Crippen LogP contribution in [0.3, 0.4) is 0 Å². The molecule has 4 nitrogen and oxygen atoms in total. The van der Waals surface area contributed by atoms with Crippen molar-refractivity contribution in [2.75, 3.05) is 18.1 Å². The molecule has 15 heavy (non-hydrogen) atoms. The van der Waals surface area contributed by atoms with E-state index in [0.29, 0.717) is 25.8 Å². The van der Waals surface area contributed by atoms with Gasteiger partial charge < -0.3 is 5.73 Å². The van der Waals surface area contributed by atoms with Crippen molar-refractivity contribution in [3.63, 3.8) is 0 Å². The summed E-state index contributed by atoms with van der Waals surface area (Å²) in [6, 6.07) is 0. The standard InChI is InChI=1S/C10H21NO3S/c1-3-15(13,14)6-4-5-10(12)7-9(2)8-11/h9H,3-8,11H2,1-2H3. The van der Waals surface area contributed by atoms with Crippen LogP contribution in [-0.2, 0) is 14.6 Å². The van der Waals surface area contributed by atoms with Crippen LogP contribution in [0.1, 0.15) is 33.1 Å². The summed E-state index contributed by atoms with van der Waals surface area (Å²) in [6.45, 7) is 4.04. The lowest BCUT2D eigenvalue weighted by atomic mass is 10.0. The summed E-state index contributed by atoms with van der Waals surface area (Å²) in [7, 11) is -2.93. The zero-order chi connectivity index (χ0) is 11.9. The van der Waals surface area contributed by atoms with Crippen LogP contribution in [0.2, 0.25) is 0 Å². The smallest absolute Gasteiger partial charge is 0.150 e. The first-order valence-electron chi connectivity index (χ1n) is 5.33. The van der Waals surface area contributed by atoms with E-state index in [-0.39, 0.29) is 23.2 Å². The predicted octanol–water partition coefficient (Wildman–Crippen LogP) is 0.755. The molecule has 0 aromatic heterocycles. The normalized spacial score (nSPS) is 13.8. The largest absolute Gasteiger partial charge is 0.330 e. The number of Topliss-reactive ketones (excluding diaryl/α,β-unsaturated/α-hetero) is 1. The third-order valence-corrected chi connectivity index (χ3v) is 4.12. The molecule has 0 heterocycles. The molecule has 2 N–H and O–H groups in total. The molecule has 0 saturated heterocycles. The lowest BCUT2D eigenvalue weighted by Gasteiger charge is -2.06. The fraction of sp³-hybridized carbons (Fsp3) is 0.900. The van der Waals surface area contributed by atoms with Crippen molar-refractivity contribution in [1.82, 2.24) is 0 Å². The zero-order valence-corrected chi connectivity index (χ0v) is 10.3. The van der Waals surface area contributed by atoms with Crippen molar-refractivity contribution in [3.8, 4) is 0 Å². The minimum Gasteiger partial charge on any atom is -0.330 e. The minimum absolute atomic E-state index is 0.110. The maximum atomic E-state index is 11.3. The summed E-state index contributed by atoms with van der Waals surface area (Å²) in [5, 5.41) is 0. The molecule has 0 rings (SSSR count). The number of ketones is 1. The summed E-state index contributed by atoms with van der Waals surface area (Å²) in [5.41, 5.74) is 5.39. The molecule has 90 valence electrons. The number of carbonyl (C=O) groups is 1. The predicted molar refractivity (Wildman–Crippen MR) is 61.4 cm³/mol. The first-order chi connectivity index (χ1) is 6.91. The number of sulfone groups is 1. The third-order valence-electron chi connectivity index (χ3n) is 2.33. The van der Waals surface area contributed by atoms with Gasteiger partial charge in [-0.2, -0.15) is 0 Å². The summed E-state index contributed by atoms with van der Waals surface area (Å²) < 4.78 is 22.3. The van der Waals surface area contributed by atoms with E-state index in [2.05, 4.69) is 0 Å². The van der Waals surface area contributed by atoms with Gasteiger partial charge in [0, 0.05) is 18.6 Å². The lowest BCUT2D eigenvalue weighted by molar-refractivity contribution is -0.119. The molecule has 0 aliphatic carbocycles. The van der Waals surface area contributed by atoms with Gasteiger partial charge in [0.2, 0.25) is 0 Å². The molecule has 0 fully saturated rings. The first kappa shape index (κ1) is 14.6. The Labute approximate surface area is 92.2 Å². The highest BCUT2D eigenvalue weighted by Crippen LogP contribution is 2.05. The van der Waals surface area contributed by atoms with E-state index in [1.54, 1.807) is 6.92 Å². The number of carbonyl (C=O) groups excluding carboxylic acids is 1. The number of rotatable bonds is 8. The van der Waals surface area contributed by atoms with E-state index in [1.165, 1.54) is 0 Å². The Morgan fingerprint density at radius 2 is 2.00 bits per heavy atom. The summed E-state index contributed by atoms with van der Waals surface area (Å²) >= 11 is 0. The Morgan fingerprint density at radius 3 is 2.47 bits per heavy atom. The van der Waals surface area contributed by atoms with Crippen LogP contribution in [0.5, 0.6) is 0 Å². The van der Waals surface area contributed by atoms with Crippen molar-refractivity contribution >= 4 is 15.6 Å².